The monoisotopic (exact) mass is 282 g/mol. The molecule has 0 aliphatic carbocycles. The first kappa shape index (κ1) is 16.3. The highest BCUT2D eigenvalue weighted by Crippen LogP contribution is 2.28. The van der Waals surface area contributed by atoms with Crippen LogP contribution in [0.25, 0.3) is 0 Å². The second-order valence-corrected chi connectivity index (χ2v) is 7.27. The lowest BCUT2D eigenvalue weighted by atomic mass is 9.87. The van der Waals surface area contributed by atoms with Crippen LogP contribution in [0.5, 0.6) is 0 Å². The predicted molar refractivity (Wildman–Crippen MR) is 85.1 cm³/mol. The van der Waals surface area contributed by atoms with E-state index in [0.717, 1.165) is 19.0 Å². The molecule has 5 unspecified atom stereocenters. The molecule has 3 heteroatoms. The molecule has 0 bridgehead atoms. The van der Waals surface area contributed by atoms with Gasteiger partial charge >= 0.3 is 0 Å². The van der Waals surface area contributed by atoms with Crippen LogP contribution in [0.2, 0.25) is 0 Å². The summed E-state index contributed by atoms with van der Waals surface area (Å²) >= 11 is 0. The third-order valence-electron chi connectivity index (χ3n) is 5.76. The van der Waals surface area contributed by atoms with Crippen molar-refractivity contribution < 1.29 is 4.74 Å². The topological polar surface area (TPSA) is 24.5 Å². The van der Waals surface area contributed by atoms with Gasteiger partial charge in [0.1, 0.15) is 0 Å². The molecule has 1 N–H and O–H groups in total. The molecule has 2 aliphatic rings. The minimum absolute atomic E-state index is 0.291. The highest BCUT2D eigenvalue weighted by Gasteiger charge is 2.39. The normalized spacial score (nSPS) is 41.0. The Kier molecular flexibility index (Phi) is 5.49. The summed E-state index contributed by atoms with van der Waals surface area (Å²) in [5.74, 6) is 0.752. The minimum atomic E-state index is 0.291. The number of piperazine rings is 1. The molecule has 0 aromatic rings. The molecule has 5 atom stereocenters. The van der Waals surface area contributed by atoms with Gasteiger partial charge in [0, 0.05) is 31.2 Å². The summed E-state index contributed by atoms with van der Waals surface area (Å²) in [5, 5.41) is 3.79. The average molecular weight is 282 g/mol. The molecule has 2 rings (SSSR count). The van der Waals surface area contributed by atoms with E-state index in [-0.39, 0.29) is 0 Å². The number of hydrogen-bond donors (Lipinski definition) is 1. The molecule has 2 heterocycles. The van der Waals surface area contributed by atoms with Crippen LogP contribution in [-0.2, 0) is 4.74 Å². The van der Waals surface area contributed by atoms with Gasteiger partial charge in [0.2, 0.25) is 0 Å². The Morgan fingerprint density at radius 2 is 2.10 bits per heavy atom. The third kappa shape index (κ3) is 3.55. The largest absolute Gasteiger partial charge is 0.374 e. The fourth-order valence-electron chi connectivity index (χ4n) is 3.56. The molecule has 20 heavy (non-hydrogen) atoms. The SMILES string of the molecule is CCC(C)C1CN(CC2CCC(C)O2)C(C)(CC)CN1. The number of rotatable bonds is 5. The summed E-state index contributed by atoms with van der Waals surface area (Å²) in [5.41, 5.74) is 0.291. The molecule has 0 spiro atoms. The molecule has 0 saturated carbocycles. The van der Waals surface area contributed by atoms with Crippen LogP contribution in [0.15, 0.2) is 0 Å². The van der Waals surface area contributed by atoms with Crippen LogP contribution in [-0.4, -0.2) is 48.3 Å². The van der Waals surface area contributed by atoms with Crippen LogP contribution in [0.3, 0.4) is 0 Å². The molecule has 2 saturated heterocycles. The van der Waals surface area contributed by atoms with Crippen molar-refractivity contribution in [2.45, 2.75) is 84.1 Å². The van der Waals surface area contributed by atoms with Crippen LogP contribution in [0.4, 0.5) is 0 Å². The van der Waals surface area contributed by atoms with Gasteiger partial charge in [0.25, 0.3) is 0 Å². The molecule has 118 valence electrons. The second kappa shape index (κ2) is 6.76. The zero-order chi connectivity index (χ0) is 14.8. The number of ether oxygens (including phenoxy) is 1. The maximum Gasteiger partial charge on any atom is 0.0706 e. The van der Waals surface area contributed by atoms with Crippen molar-refractivity contribution in [2.24, 2.45) is 5.92 Å². The van der Waals surface area contributed by atoms with Crippen molar-refractivity contribution in [3.05, 3.63) is 0 Å². The molecular weight excluding hydrogens is 248 g/mol. The van der Waals surface area contributed by atoms with Crippen LogP contribution < -0.4 is 5.32 Å². The lowest BCUT2D eigenvalue weighted by Crippen LogP contribution is -2.65. The summed E-state index contributed by atoms with van der Waals surface area (Å²) in [6.45, 7) is 15.0. The van der Waals surface area contributed by atoms with Crippen molar-refractivity contribution in [3.63, 3.8) is 0 Å². The van der Waals surface area contributed by atoms with Gasteiger partial charge in [-0.05, 0) is 39.0 Å². The molecule has 0 radical (unpaired) electrons. The Morgan fingerprint density at radius 1 is 1.35 bits per heavy atom. The predicted octanol–water partition coefficient (Wildman–Crippen LogP) is 3.04. The first-order valence-corrected chi connectivity index (χ1v) is 8.62. The van der Waals surface area contributed by atoms with Crippen molar-refractivity contribution in [2.75, 3.05) is 19.6 Å². The summed E-state index contributed by atoms with van der Waals surface area (Å²) < 4.78 is 6.06. The van der Waals surface area contributed by atoms with E-state index in [1.165, 1.54) is 32.2 Å². The Morgan fingerprint density at radius 3 is 2.65 bits per heavy atom. The van der Waals surface area contributed by atoms with E-state index in [1.807, 2.05) is 0 Å². The highest BCUT2D eigenvalue weighted by molar-refractivity contribution is 4.97. The van der Waals surface area contributed by atoms with Gasteiger partial charge in [-0.2, -0.15) is 0 Å². The van der Waals surface area contributed by atoms with Gasteiger partial charge in [-0.15, -0.1) is 0 Å². The maximum atomic E-state index is 6.06. The molecule has 0 aromatic carbocycles. The maximum absolute atomic E-state index is 6.06. The van der Waals surface area contributed by atoms with Crippen LogP contribution >= 0.6 is 0 Å². The Balaban J connectivity index is 1.99. The quantitative estimate of drug-likeness (QED) is 0.839. The van der Waals surface area contributed by atoms with Gasteiger partial charge in [-0.3, -0.25) is 4.90 Å². The summed E-state index contributed by atoms with van der Waals surface area (Å²) in [7, 11) is 0. The molecule has 3 nitrogen and oxygen atoms in total. The van der Waals surface area contributed by atoms with Gasteiger partial charge in [-0.25, -0.2) is 0 Å². The molecule has 2 aliphatic heterocycles. The van der Waals surface area contributed by atoms with Gasteiger partial charge in [0.05, 0.1) is 12.2 Å². The van der Waals surface area contributed by atoms with E-state index in [4.69, 9.17) is 4.74 Å². The summed E-state index contributed by atoms with van der Waals surface area (Å²) in [6, 6.07) is 0.637. The Bertz CT molecular complexity index is 307. The van der Waals surface area contributed by atoms with Crippen molar-refractivity contribution in [1.29, 1.82) is 0 Å². The number of nitrogens with one attached hydrogen (secondary N) is 1. The standard InChI is InChI=1S/C17H34N2O/c1-6-13(3)16-11-19(17(5,7-2)12-18-16)10-15-9-8-14(4)20-15/h13-16,18H,6-12H2,1-5H3. The van der Waals surface area contributed by atoms with Crippen LogP contribution in [0.1, 0.15) is 60.3 Å². The van der Waals surface area contributed by atoms with Crippen molar-refractivity contribution in [3.8, 4) is 0 Å². The van der Waals surface area contributed by atoms with E-state index < -0.39 is 0 Å². The highest BCUT2D eigenvalue weighted by atomic mass is 16.5. The smallest absolute Gasteiger partial charge is 0.0706 e. The van der Waals surface area contributed by atoms with Gasteiger partial charge in [0.15, 0.2) is 0 Å². The lowest BCUT2D eigenvalue weighted by molar-refractivity contribution is -0.0235. The third-order valence-corrected chi connectivity index (χ3v) is 5.76. The van der Waals surface area contributed by atoms with E-state index in [1.54, 1.807) is 0 Å². The van der Waals surface area contributed by atoms with Crippen molar-refractivity contribution >= 4 is 0 Å². The number of hydrogen-bond acceptors (Lipinski definition) is 3. The van der Waals surface area contributed by atoms with E-state index in [2.05, 4.69) is 44.8 Å². The fraction of sp³-hybridized carbons (Fsp3) is 1.00. The van der Waals surface area contributed by atoms with E-state index >= 15 is 0 Å². The second-order valence-electron chi connectivity index (χ2n) is 7.27. The average Bonchev–Trinajstić information content (AvgIpc) is 2.86. The van der Waals surface area contributed by atoms with E-state index in [9.17, 15) is 0 Å². The first-order chi connectivity index (χ1) is 9.48. The fourth-order valence-corrected chi connectivity index (χ4v) is 3.56. The Labute approximate surface area is 125 Å². The lowest BCUT2D eigenvalue weighted by Gasteiger charge is -2.50. The molecular formula is C17H34N2O. The van der Waals surface area contributed by atoms with Crippen molar-refractivity contribution in [1.82, 2.24) is 10.2 Å². The number of nitrogens with zero attached hydrogens (tertiary/aromatic N) is 1. The molecule has 0 amide bonds. The Hall–Kier alpha value is -0.120. The molecule has 2 fully saturated rings. The summed E-state index contributed by atoms with van der Waals surface area (Å²) in [4.78, 5) is 2.71. The summed E-state index contributed by atoms with van der Waals surface area (Å²) in [6.07, 6.45) is 5.83. The zero-order valence-electron chi connectivity index (χ0n) is 14.1. The minimum Gasteiger partial charge on any atom is -0.374 e. The molecule has 0 aromatic heterocycles. The zero-order valence-corrected chi connectivity index (χ0v) is 14.1. The van der Waals surface area contributed by atoms with E-state index in [0.29, 0.717) is 23.8 Å². The first-order valence-electron chi connectivity index (χ1n) is 8.62. The van der Waals surface area contributed by atoms with Gasteiger partial charge < -0.3 is 10.1 Å². The van der Waals surface area contributed by atoms with Gasteiger partial charge in [-0.1, -0.05) is 27.2 Å². The van der Waals surface area contributed by atoms with Crippen LogP contribution in [0, 0.1) is 5.92 Å².